The number of hydrogen-bond acceptors (Lipinski definition) is 4. The lowest BCUT2D eigenvalue weighted by Crippen LogP contribution is -2.58. The number of fused-ring (bicyclic) bond motifs is 1. The number of carbonyl (C=O) groups excluding carboxylic acids is 1. The van der Waals surface area contributed by atoms with Crippen LogP contribution in [-0.4, -0.2) is 52.8 Å². The van der Waals surface area contributed by atoms with Gasteiger partial charge < -0.3 is 19.1 Å². The van der Waals surface area contributed by atoms with Gasteiger partial charge in [0, 0.05) is 33.1 Å². The summed E-state index contributed by atoms with van der Waals surface area (Å²) in [6.45, 7) is 2.33. The van der Waals surface area contributed by atoms with Gasteiger partial charge in [-0.15, -0.1) is 0 Å². The fraction of sp³-hybridized carbons (Fsp3) is 0.588. The molecular weight excluding hydrogens is 293 g/mol. The number of carbonyl (C=O) groups is 1. The summed E-state index contributed by atoms with van der Waals surface area (Å²) in [5, 5.41) is 0. The van der Waals surface area contributed by atoms with E-state index in [9.17, 15) is 4.79 Å². The predicted molar refractivity (Wildman–Crippen MR) is 88.2 cm³/mol. The number of amides is 1. The van der Waals surface area contributed by atoms with Crippen LogP contribution in [0.1, 0.15) is 24.8 Å². The molecule has 0 atom stereocenters. The Balaban J connectivity index is 1.95. The van der Waals surface area contributed by atoms with Gasteiger partial charge in [0.25, 0.3) is 5.91 Å². The van der Waals surface area contributed by atoms with Crippen molar-refractivity contribution in [3.05, 3.63) is 23.8 Å². The molecule has 2 heterocycles. The molecule has 6 heteroatoms. The van der Waals surface area contributed by atoms with Crippen LogP contribution in [0.3, 0.4) is 0 Å². The van der Waals surface area contributed by atoms with Gasteiger partial charge in [0.15, 0.2) is 5.60 Å². The number of ether oxygens (including phenoxy) is 3. The van der Waals surface area contributed by atoms with Gasteiger partial charge in [-0.3, -0.25) is 4.79 Å². The molecule has 1 amide bonds. The molecule has 2 aliphatic rings. The second kappa shape index (κ2) is 6.93. The van der Waals surface area contributed by atoms with Crippen molar-refractivity contribution in [2.75, 3.05) is 38.4 Å². The number of benzene rings is 1. The van der Waals surface area contributed by atoms with Crippen LogP contribution in [-0.2, 0) is 20.6 Å². The number of nitrogens with zero attached hydrogens (tertiary/aromatic N) is 1. The van der Waals surface area contributed by atoms with Crippen molar-refractivity contribution in [3.63, 3.8) is 0 Å². The van der Waals surface area contributed by atoms with Gasteiger partial charge in [0.05, 0.1) is 26.7 Å². The summed E-state index contributed by atoms with van der Waals surface area (Å²) in [5.74, 6) is 0.777. The van der Waals surface area contributed by atoms with E-state index < -0.39 is 5.60 Å². The van der Waals surface area contributed by atoms with Crippen molar-refractivity contribution in [1.29, 1.82) is 0 Å². The molecule has 1 aromatic carbocycles. The first-order chi connectivity index (χ1) is 11.2. The second-order valence-corrected chi connectivity index (χ2v) is 6.02. The van der Waals surface area contributed by atoms with Gasteiger partial charge in [0.1, 0.15) is 5.75 Å². The Morgan fingerprint density at radius 2 is 2.13 bits per heavy atom. The van der Waals surface area contributed by atoms with Crippen molar-refractivity contribution >= 4 is 19.4 Å². The first-order valence-corrected chi connectivity index (χ1v) is 8.11. The zero-order valence-electron chi connectivity index (χ0n) is 13.5. The Morgan fingerprint density at radius 1 is 1.35 bits per heavy atom. The molecule has 0 aromatic heterocycles. The van der Waals surface area contributed by atoms with Gasteiger partial charge in [0.2, 0.25) is 0 Å². The van der Waals surface area contributed by atoms with E-state index >= 15 is 0 Å². The van der Waals surface area contributed by atoms with Crippen LogP contribution in [0.2, 0.25) is 0 Å². The van der Waals surface area contributed by atoms with Gasteiger partial charge >= 0.3 is 0 Å². The predicted octanol–water partition coefficient (Wildman–Crippen LogP) is 1.67. The van der Waals surface area contributed by atoms with Crippen molar-refractivity contribution in [1.82, 2.24) is 0 Å². The fourth-order valence-corrected chi connectivity index (χ4v) is 3.20. The molecule has 0 saturated carbocycles. The summed E-state index contributed by atoms with van der Waals surface area (Å²) < 4.78 is 16.7. The Kier molecular flexibility index (Phi) is 4.92. The second-order valence-electron chi connectivity index (χ2n) is 6.02. The Labute approximate surface area is 138 Å². The topological polar surface area (TPSA) is 48.0 Å². The highest BCUT2D eigenvalue weighted by atomic mass is 16.5. The Morgan fingerprint density at radius 3 is 2.83 bits per heavy atom. The maximum atomic E-state index is 13.1. The summed E-state index contributed by atoms with van der Waals surface area (Å²) >= 11 is 0. The van der Waals surface area contributed by atoms with E-state index in [4.69, 9.17) is 22.1 Å². The first-order valence-electron chi connectivity index (χ1n) is 8.11. The molecule has 122 valence electrons. The van der Waals surface area contributed by atoms with Crippen molar-refractivity contribution in [3.8, 4) is 5.75 Å². The van der Waals surface area contributed by atoms with Crippen LogP contribution in [0.25, 0.3) is 0 Å². The molecule has 3 rings (SSSR count). The number of methoxy groups -OCH3 is 1. The van der Waals surface area contributed by atoms with Crippen LogP contribution in [0, 0.1) is 0 Å². The lowest BCUT2D eigenvalue weighted by molar-refractivity contribution is -0.144. The summed E-state index contributed by atoms with van der Waals surface area (Å²) in [7, 11) is 7.41. The van der Waals surface area contributed by atoms with Crippen molar-refractivity contribution in [2.45, 2.75) is 31.2 Å². The minimum atomic E-state index is -0.789. The standard InChI is InChI=1S/C17H22BNO4/c1-21-8-2-7-19-14-11-13(12-18)3-4-15(14)23-17(16(19)20)5-9-22-10-6-17/h3-4,11H,2,5-10,12H2,1H3. The Bertz CT molecular complexity index is 572. The zero-order chi connectivity index (χ0) is 16.3. The van der Waals surface area contributed by atoms with Crippen molar-refractivity contribution in [2.24, 2.45) is 0 Å². The SMILES string of the molecule is [B]Cc1ccc2c(c1)N(CCCOC)C(=O)C1(CCOCC1)O2. The van der Waals surface area contributed by atoms with Crippen molar-refractivity contribution < 1.29 is 19.0 Å². The molecule has 1 spiro atoms. The average molecular weight is 315 g/mol. The molecule has 1 saturated heterocycles. The molecule has 0 aliphatic carbocycles. The third-order valence-corrected chi connectivity index (χ3v) is 4.52. The number of rotatable bonds is 5. The van der Waals surface area contributed by atoms with Crippen LogP contribution in [0.15, 0.2) is 18.2 Å². The zero-order valence-corrected chi connectivity index (χ0v) is 13.5. The third kappa shape index (κ3) is 3.10. The molecule has 0 bridgehead atoms. The van der Waals surface area contributed by atoms with Crippen LogP contribution in [0.4, 0.5) is 5.69 Å². The summed E-state index contributed by atoms with van der Waals surface area (Å²) in [6, 6.07) is 5.83. The van der Waals surface area contributed by atoms with E-state index in [1.165, 1.54) is 0 Å². The quantitative estimate of drug-likeness (QED) is 0.612. The van der Waals surface area contributed by atoms with Gasteiger partial charge in [-0.1, -0.05) is 17.9 Å². The molecule has 0 unspecified atom stereocenters. The molecular formula is C17H22BNO4. The lowest BCUT2D eigenvalue weighted by atomic mass is 9.89. The van der Waals surface area contributed by atoms with Crippen LogP contribution < -0.4 is 9.64 Å². The summed E-state index contributed by atoms with van der Waals surface area (Å²) in [5.41, 5.74) is 1.01. The molecule has 1 aromatic rings. The molecule has 23 heavy (non-hydrogen) atoms. The molecule has 2 aliphatic heterocycles. The number of hydrogen-bond donors (Lipinski definition) is 0. The summed E-state index contributed by atoms with van der Waals surface area (Å²) in [6.07, 6.45) is 2.39. The van der Waals surface area contributed by atoms with Gasteiger partial charge in [-0.05, 0) is 18.6 Å². The monoisotopic (exact) mass is 315 g/mol. The smallest absolute Gasteiger partial charge is 0.271 e. The maximum absolute atomic E-state index is 13.1. The van der Waals surface area contributed by atoms with Crippen LogP contribution in [0.5, 0.6) is 5.75 Å². The Hall–Kier alpha value is -1.53. The summed E-state index contributed by atoms with van der Waals surface area (Å²) in [4.78, 5) is 15.0. The minimum absolute atomic E-state index is 0.0265. The van der Waals surface area contributed by atoms with Crippen LogP contribution >= 0.6 is 0 Å². The fourth-order valence-electron chi connectivity index (χ4n) is 3.20. The van der Waals surface area contributed by atoms with Gasteiger partial charge in [-0.2, -0.15) is 0 Å². The van der Waals surface area contributed by atoms with E-state index in [-0.39, 0.29) is 5.91 Å². The average Bonchev–Trinajstić information content (AvgIpc) is 2.59. The normalized spacial score (nSPS) is 19.5. The molecule has 1 fully saturated rings. The third-order valence-electron chi connectivity index (χ3n) is 4.52. The highest BCUT2D eigenvalue weighted by molar-refractivity contribution is 6.08. The molecule has 5 nitrogen and oxygen atoms in total. The highest BCUT2D eigenvalue weighted by Crippen LogP contribution is 2.42. The number of anilines is 1. The van der Waals surface area contributed by atoms with E-state index in [0.29, 0.717) is 45.5 Å². The highest BCUT2D eigenvalue weighted by Gasteiger charge is 2.49. The molecule has 0 N–H and O–H groups in total. The van der Waals surface area contributed by atoms with E-state index in [0.717, 1.165) is 23.4 Å². The lowest BCUT2D eigenvalue weighted by Gasteiger charge is -2.44. The minimum Gasteiger partial charge on any atom is -0.475 e. The largest absolute Gasteiger partial charge is 0.475 e. The van der Waals surface area contributed by atoms with E-state index in [1.54, 1.807) is 7.11 Å². The molecule has 2 radical (unpaired) electrons. The van der Waals surface area contributed by atoms with Gasteiger partial charge in [-0.25, -0.2) is 0 Å². The first kappa shape index (κ1) is 16.3. The van der Waals surface area contributed by atoms with E-state index in [1.807, 2.05) is 23.1 Å². The maximum Gasteiger partial charge on any atom is 0.271 e. The van der Waals surface area contributed by atoms with E-state index in [2.05, 4.69) is 0 Å².